The fourth-order valence-electron chi connectivity index (χ4n) is 2.62. The number of esters is 1. The van der Waals surface area contributed by atoms with E-state index in [-0.39, 0.29) is 18.6 Å². The SMILES string of the molecule is O=C(OCC#CCNc1nnc(-c2cccc3ccccc23)o1)c1cccs1. The maximum atomic E-state index is 11.7. The van der Waals surface area contributed by atoms with E-state index in [2.05, 4.69) is 27.4 Å². The number of ether oxygens (including phenoxy) is 1. The molecule has 0 aliphatic carbocycles. The molecule has 1 N–H and O–H groups in total. The van der Waals surface area contributed by atoms with Crippen LogP contribution < -0.4 is 5.32 Å². The van der Waals surface area contributed by atoms with Gasteiger partial charge in [0.25, 0.3) is 0 Å². The summed E-state index contributed by atoms with van der Waals surface area (Å²) in [6.45, 7) is 0.331. The minimum Gasteiger partial charge on any atom is -0.448 e. The molecule has 2 heterocycles. The van der Waals surface area contributed by atoms with Gasteiger partial charge < -0.3 is 14.5 Å². The third-order valence-electron chi connectivity index (χ3n) is 3.90. The Bertz CT molecular complexity index is 1150. The van der Waals surface area contributed by atoms with Crippen LogP contribution in [0.2, 0.25) is 0 Å². The first kappa shape index (κ1) is 17.8. The van der Waals surface area contributed by atoms with E-state index in [1.165, 1.54) is 11.3 Å². The number of hydrogen-bond acceptors (Lipinski definition) is 7. The standard InChI is InChI=1S/C21H15N3O3S/c25-20(18-11-6-14-28-18)26-13-4-3-12-22-21-24-23-19(27-21)17-10-5-8-15-7-1-2-9-16(15)17/h1-2,5-11,14H,12-13H2,(H,22,24). The summed E-state index contributed by atoms with van der Waals surface area (Å²) in [7, 11) is 0. The topological polar surface area (TPSA) is 77.2 Å². The molecular weight excluding hydrogens is 374 g/mol. The quantitative estimate of drug-likeness (QED) is 0.407. The molecule has 0 saturated heterocycles. The van der Waals surface area contributed by atoms with Crippen molar-refractivity contribution in [1.29, 1.82) is 0 Å². The zero-order valence-corrected chi connectivity index (χ0v) is 15.5. The van der Waals surface area contributed by atoms with E-state index in [4.69, 9.17) is 9.15 Å². The van der Waals surface area contributed by atoms with Crippen molar-refractivity contribution in [3.05, 3.63) is 64.9 Å². The molecule has 0 bridgehead atoms. The highest BCUT2D eigenvalue weighted by Crippen LogP contribution is 2.28. The van der Waals surface area contributed by atoms with Crippen molar-refractivity contribution in [2.75, 3.05) is 18.5 Å². The Balaban J connectivity index is 1.33. The van der Waals surface area contributed by atoms with Crippen molar-refractivity contribution in [3.63, 3.8) is 0 Å². The third kappa shape index (κ3) is 4.03. The number of benzene rings is 2. The van der Waals surface area contributed by atoms with E-state index in [0.717, 1.165) is 16.3 Å². The number of nitrogens with zero attached hydrogens (tertiary/aromatic N) is 2. The number of thiophene rings is 1. The van der Waals surface area contributed by atoms with Gasteiger partial charge in [-0.15, -0.1) is 16.4 Å². The van der Waals surface area contributed by atoms with Crippen LogP contribution in [-0.2, 0) is 4.74 Å². The first-order valence-electron chi connectivity index (χ1n) is 8.53. The fraction of sp³-hybridized carbons (Fsp3) is 0.0952. The zero-order chi connectivity index (χ0) is 19.2. The van der Waals surface area contributed by atoms with E-state index in [0.29, 0.717) is 17.3 Å². The number of rotatable bonds is 5. The second-order valence-electron chi connectivity index (χ2n) is 5.70. The third-order valence-corrected chi connectivity index (χ3v) is 4.75. The number of aromatic nitrogens is 2. The molecular formula is C21H15N3O3S. The Kier molecular flexibility index (Phi) is 5.31. The van der Waals surface area contributed by atoms with Crippen molar-refractivity contribution >= 4 is 34.1 Å². The predicted molar refractivity (Wildman–Crippen MR) is 108 cm³/mol. The normalized spacial score (nSPS) is 10.3. The average Bonchev–Trinajstić information content (AvgIpc) is 3.42. The summed E-state index contributed by atoms with van der Waals surface area (Å²) in [6.07, 6.45) is 0. The lowest BCUT2D eigenvalue weighted by Gasteiger charge is -2.01. The van der Waals surface area contributed by atoms with Gasteiger partial charge in [-0.05, 0) is 28.3 Å². The molecule has 0 fully saturated rings. The summed E-state index contributed by atoms with van der Waals surface area (Å²) in [6, 6.07) is 17.8. The predicted octanol–water partition coefficient (Wildman–Crippen LogP) is 4.22. The molecule has 138 valence electrons. The van der Waals surface area contributed by atoms with Crippen molar-refractivity contribution in [2.45, 2.75) is 0 Å². The van der Waals surface area contributed by atoms with E-state index in [1.807, 2.05) is 47.8 Å². The fourth-order valence-corrected chi connectivity index (χ4v) is 3.23. The molecule has 28 heavy (non-hydrogen) atoms. The Hall–Kier alpha value is -3.63. The molecule has 0 amide bonds. The summed E-state index contributed by atoms with van der Waals surface area (Å²) in [5.41, 5.74) is 0.880. The van der Waals surface area contributed by atoms with E-state index >= 15 is 0 Å². The smallest absolute Gasteiger partial charge is 0.349 e. The number of carbonyl (C=O) groups is 1. The molecule has 6 nitrogen and oxygen atoms in total. The van der Waals surface area contributed by atoms with E-state index < -0.39 is 0 Å². The van der Waals surface area contributed by atoms with Crippen LogP contribution in [0.1, 0.15) is 9.67 Å². The van der Waals surface area contributed by atoms with Crippen LogP contribution in [-0.4, -0.2) is 29.3 Å². The molecule has 0 aliphatic heterocycles. The molecule has 0 atom stereocenters. The molecule has 0 saturated carbocycles. The first-order chi connectivity index (χ1) is 13.8. The minimum absolute atomic E-state index is 0.0313. The van der Waals surface area contributed by atoms with Crippen LogP contribution in [0.4, 0.5) is 6.01 Å². The Morgan fingerprint density at radius 3 is 2.86 bits per heavy atom. The molecule has 2 aromatic heterocycles. The Morgan fingerprint density at radius 1 is 1.07 bits per heavy atom. The lowest BCUT2D eigenvalue weighted by Crippen LogP contribution is -2.04. The first-order valence-corrected chi connectivity index (χ1v) is 9.41. The largest absolute Gasteiger partial charge is 0.448 e. The van der Waals surface area contributed by atoms with Gasteiger partial charge in [0.15, 0.2) is 6.61 Å². The molecule has 0 unspecified atom stereocenters. The molecule has 4 aromatic rings. The van der Waals surface area contributed by atoms with Crippen LogP contribution >= 0.6 is 11.3 Å². The van der Waals surface area contributed by atoms with Gasteiger partial charge in [0.2, 0.25) is 5.89 Å². The Morgan fingerprint density at radius 2 is 1.96 bits per heavy atom. The lowest BCUT2D eigenvalue weighted by atomic mass is 10.0. The number of carbonyl (C=O) groups excluding carboxylic acids is 1. The summed E-state index contributed by atoms with van der Waals surface area (Å²) in [4.78, 5) is 12.2. The van der Waals surface area contributed by atoms with Gasteiger partial charge in [0, 0.05) is 5.56 Å². The highest BCUT2D eigenvalue weighted by Gasteiger charge is 2.11. The van der Waals surface area contributed by atoms with Gasteiger partial charge >= 0.3 is 12.0 Å². The van der Waals surface area contributed by atoms with Gasteiger partial charge in [-0.1, -0.05) is 59.4 Å². The molecule has 0 spiro atoms. The van der Waals surface area contributed by atoms with Gasteiger partial charge in [-0.25, -0.2) is 4.79 Å². The molecule has 4 rings (SSSR count). The maximum absolute atomic E-state index is 11.7. The number of hydrogen-bond donors (Lipinski definition) is 1. The van der Waals surface area contributed by atoms with E-state index in [1.54, 1.807) is 12.1 Å². The molecule has 2 aromatic carbocycles. The minimum atomic E-state index is -0.367. The second kappa shape index (κ2) is 8.37. The molecule has 7 heteroatoms. The van der Waals surface area contributed by atoms with Gasteiger partial charge in [0.05, 0.1) is 6.54 Å². The molecule has 0 aliphatic rings. The lowest BCUT2D eigenvalue weighted by molar-refractivity contribution is 0.0562. The van der Waals surface area contributed by atoms with Crippen LogP contribution in [0.25, 0.3) is 22.2 Å². The van der Waals surface area contributed by atoms with Crippen molar-refractivity contribution in [3.8, 4) is 23.3 Å². The number of nitrogens with one attached hydrogen (secondary N) is 1. The molecule has 0 radical (unpaired) electrons. The van der Waals surface area contributed by atoms with Crippen molar-refractivity contribution < 1.29 is 13.9 Å². The van der Waals surface area contributed by atoms with Gasteiger partial charge in [-0.2, -0.15) is 0 Å². The maximum Gasteiger partial charge on any atom is 0.349 e. The number of anilines is 1. The van der Waals surface area contributed by atoms with Crippen LogP contribution in [0.15, 0.2) is 64.4 Å². The summed E-state index contributed by atoms with van der Waals surface area (Å²) in [5, 5.41) is 15.0. The van der Waals surface area contributed by atoms with Crippen molar-refractivity contribution in [2.24, 2.45) is 0 Å². The highest BCUT2D eigenvalue weighted by atomic mass is 32.1. The van der Waals surface area contributed by atoms with Gasteiger partial charge in [0.1, 0.15) is 4.88 Å². The van der Waals surface area contributed by atoms with Crippen molar-refractivity contribution in [1.82, 2.24) is 10.2 Å². The summed E-state index contributed by atoms with van der Waals surface area (Å²) >= 11 is 1.33. The summed E-state index contributed by atoms with van der Waals surface area (Å²) in [5.74, 6) is 5.70. The second-order valence-corrected chi connectivity index (χ2v) is 6.65. The summed E-state index contributed by atoms with van der Waals surface area (Å²) < 4.78 is 10.7. The van der Waals surface area contributed by atoms with Crippen LogP contribution in [0, 0.1) is 11.8 Å². The monoisotopic (exact) mass is 389 g/mol. The van der Waals surface area contributed by atoms with Crippen LogP contribution in [0.5, 0.6) is 0 Å². The highest BCUT2D eigenvalue weighted by molar-refractivity contribution is 7.11. The zero-order valence-electron chi connectivity index (χ0n) is 14.7. The van der Waals surface area contributed by atoms with E-state index in [9.17, 15) is 4.79 Å². The Labute approximate surface area is 165 Å². The average molecular weight is 389 g/mol. The van der Waals surface area contributed by atoms with Crippen LogP contribution in [0.3, 0.4) is 0 Å². The number of fused-ring (bicyclic) bond motifs is 1. The van der Waals surface area contributed by atoms with Gasteiger partial charge in [-0.3, -0.25) is 0 Å².